The summed E-state index contributed by atoms with van der Waals surface area (Å²) in [5.74, 6) is 1.44. The quantitative estimate of drug-likeness (QED) is 0.897. The van der Waals surface area contributed by atoms with Crippen LogP contribution in [0.5, 0.6) is 5.75 Å². The maximum atomic E-state index is 5.73. The first-order chi connectivity index (χ1) is 9.15. The third-order valence-corrected chi connectivity index (χ3v) is 4.14. The predicted molar refractivity (Wildman–Crippen MR) is 80.6 cm³/mol. The molecular weight excluding hydrogens is 306 g/mol. The average molecular weight is 328 g/mol. The lowest BCUT2D eigenvalue weighted by molar-refractivity contribution is 0.117. The SMILES string of the molecule is CCNC(c1cc(Br)ccc1OC)C1COC(C)C1. The highest BCUT2D eigenvalue weighted by molar-refractivity contribution is 9.10. The molecule has 1 aromatic rings. The van der Waals surface area contributed by atoms with Gasteiger partial charge >= 0.3 is 0 Å². The van der Waals surface area contributed by atoms with Crippen LogP contribution in [0.2, 0.25) is 0 Å². The number of methoxy groups -OCH3 is 1. The van der Waals surface area contributed by atoms with Crippen LogP contribution < -0.4 is 10.1 Å². The molecular formula is C15H22BrNO2. The van der Waals surface area contributed by atoms with Gasteiger partial charge in [0.25, 0.3) is 0 Å². The number of rotatable bonds is 5. The third-order valence-electron chi connectivity index (χ3n) is 3.65. The maximum Gasteiger partial charge on any atom is 0.123 e. The van der Waals surface area contributed by atoms with Crippen molar-refractivity contribution in [3.8, 4) is 5.75 Å². The fourth-order valence-electron chi connectivity index (χ4n) is 2.78. The molecule has 3 unspecified atom stereocenters. The van der Waals surface area contributed by atoms with E-state index in [-0.39, 0.29) is 6.04 Å². The van der Waals surface area contributed by atoms with Crippen LogP contribution in [0.25, 0.3) is 0 Å². The number of halogens is 1. The van der Waals surface area contributed by atoms with E-state index in [4.69, 9.17) is 9.47 Å². The molecule has 2 rings (SSSR count). The summed E-state index contributed by atoms with van der Waals surface area (Å²) in [7, 11) is 1.73. The molecule has 3 nitrogen and oxygen atoms in total. The highest BCUT2D eigenvalue weighted by Crippen LogP contribution is 2.37. The summed E-state index contributed by atoms with van der Waals surface area (Å²) in [4.78, 5) is 0. The summed E-state index contributed by atoms with van der Waals surface area (Å²) in [5.41, 5.74) is 1.21. The molecule has 4 heteroatoms. The van der Waals surface area contributed by atoms with Crippen molar-refractivity contribution >= 4 is 15.9 Å². The van der Waals surface area contributed by atoms with Crippen molar-refractivity contribution < 1.29 is 9.47 Å². The van der Waals surface area contributed by atoms with Crippen molar-refractivity contribution in [3.63, 3.8) is 0 Å². The molecule has 19 heavy (non-hydrogen) atoms. The normalized spacial score (nSPS) is 24.4. The summed E-state index contributed by atoms with van der Waals surface area (Å²) >= 11 is 3.55. The topological polar surface area (TPSA) is 30.5 Å². The second kappa shape index (κ2) is 6.73. The number of benzene rings is 1. The van der Waals surface area contributed by atoms with Crippen LogP contribution in [0.3, 0.4) is 0 Å². The van der Waals surface area contributed by atoms with Crippen molar-refractivity contribution in [2.24, 2.45) is 5.92 Å². The minimum absolute atomic E-state index is 0.280. The molecule has 0 aliphatic carbocycles. The molecule has 1 aliphatic rings. The van der Waals surface area contributed by atoms with E-state index in [0.29, 0.717) is 12.0 Å². The molecule has 0 spiro atoms. The molecule has 1 heterocycles. The van der Waals surface area contributed by atoms with Crippen molar-refractivity contribution in [2.45, 2.75) is 32.4 Å². The lowest BCUT2D eigenvalue weighted by Gasteiger charge is -2.25. The molecule has 1 aliphatic heterocycles. The molecule has 1 N–H and O–H groups in total. The molecule has 0 saturated carbocycles. The lowest BCUT2D eigenvalue weighted by atomic mass is 9.90. The zero-order chi connectivity index (χ0) is 13.8. The van der Waals surface area contributed by atoms with Crippen molar-refractivity contribution in [1.82, 2.24) is 5.32 Å². The molecule has 0 radical (unpaired) electrons. The first kappa shape index (κ1) is 14.8. The number of hydrogen-bond donors (Lipinski definition) is 1. The zero-order valence-electron chi connectivity index (χ0n) is 11.8. The fourth-order valence-corrected chi connectivity index (χ4v) is 3.16. The van der Waals surface area contributed by atoms with Gasteiger partial charge in [0.1, 0.15) is 5.75 Å². The Morgan fingerprint density at radius 1 is 1.53 bits per heavy atom. The largest absolute Gasteiger partial charge is 0.496 e. The molecule has 0 amide bonds. The van der Waals surface area contributed by atoms with Crippen LogP contribution in [0.1, 0.15) is 31.9 Å². The molecule has 3 atom stereocenters. The van der Waals surface area contributed by atoms with E-state index in [9.17, 15) is 0 Å². The van der Waals surface area contributed by atoms with Gasteiger partial charge in [-0.05, 0) is 38.1 Å². The van der Waals surface area contributed by atoms with Gasteiger partial charge in [0.15, 0.2) is 0 Å². The monoisotopic (exact) mass is 327 g/mol. The first-order valence-corrected chi connectivity index (χ1v) is 7.63. The van der Waals surface area contributed by atoms with Gasteiger partial charge in [0.2, 0.25) is 0 Å². The zero-order valence-corrected chi connectivity index (χ0v) is 13.4. The number of hydrogen-bond acceptors (Lipinski definition) is 3. The van der Waals surface area contributed by atoms with E-state index >= 15 is 0 Å². The Labute approximate surface area is 123 Å². The minimum Gasteiger partial charge on any atom is -0.496 e. The Morgan fingerprint density at radius 3 is 2.89 bits per heavy atom. The molecule has 1 aromatic carbocycles. The summed E-state index contributed by atoms with van der Waals surface area (Å²) in [6.07, 6.45) is 1.44. The van der Waals surface area contributed by atoms with E-state index < -0.39 is 0 Å². The fraction of sp³-hybridized carbons (Fsp3) is 0.600. The van der Waals surface area contributed by atoms with Gasteiger partial charge in [-0.2, -0.15) is 0 Å². The van der Waals surface area contributed by atoms with E-state index in [1.54, 1.807) is 7.11 Å². The van der Waals surface area contributed by atoms with Gasteiger partial charge in [0.05, 0.1) is 19.8 Å². The van der Waals surface area contributed by atoms with Gasteiger partial charge < -0.3 is 14.8 Å². The second-order valence-corrected chi connectivity index (χ2v) is 5.98. The predicted octanol–water partition coefficient (Wildman–Crippen LogP) is 3.53. The molecule has 1 saturated heterocycles. The Kier molecular flexibility index (Phi) is 5.25. The van der Waals surface area contributed by atoms with Crippen LogP contribution in [-0.2, 0) is 4.74 Å². The number of ether oxygens (including phenoxy) is 2. The van der Waals surface area contributed by atoms with E-state index in [0.717, 1.165) is 29.8 Å². The summed E-state index contributed by atoms with van der Waals surface area (Å²) in [6.45, 7) is 6.03. The number of nitrogens with one attached hydrogen (secondary N) is 1. The van der Waals surface area contributed by atoms with Gasteiger partial charge in [-0.1, -0.05) is 22.9 Å². The van der Waals surface area contributed by atoms with Gasteiger partial charge in [-0.25, -0.2) is 0 Å². The van der Waals surface area contributed by atoms with Gasteiger partial charge in [-0.3, -0.25) is 0 Å². The Balaban J connectivity index is 2.30. The van der Waals surface area contributed by atoms with E-state index in [1.807, 2.05) is 12.1 Å². The highest BCUT2D eigenvalue weighted by atomic mass is 79.9. The first-order valence-electron chi connectivity index (χ1n) is 6.84. The summed E-state index contributed by atoms with van der Waals surface area (Å²) in [6, 6.07) is 6.46. The standard InChI is InChI=1S/C15H22BrNO2/c1-4-17-15(11-7-10(2)19-9-11)13-8-12(16)5-6-14(13)18-3/h5-6,8,10-11,15,17H,4,7,9H2,1-3H3. The van der Waals surface area contributed by atoms with Gasteiger partial charge in [0, 0.05) is 22.0 Å². The van der Waals surface area contributed by atoms with Crippen molar-refractivity contribution in [2.75, 3.05) is 20.3 Å². The molecule has 0 aromatic heterocycles. The smallest absolute Gasteiger partial charge is 0.123 e. The van der Waals surface area contributed by atoms with Crippen LogP contribution in [0, 0.1) is 5.92 Å². The van der Waals surface area contributed by atoms with Crippen molar-refractivity contribution in [1.29, 1.82) is 0 Å². The Hall–Kier alpha value is -0.580. The third kappa shape index (κ3) is 3.50. The lowest BCUT2D eigenvalue weighted by Crippen LogP contribution is -2.29. The molecule has 1 fully saturated rings. The maximum absolute atomic E-state index is 5.73. The van der Waals surface area contributed by atoms with Crippen LogP contribution in [-0.4, -0.2) is 26.4 Å². The Bertz CT molecular complexity index is 425. The molecule has 106 valence electrons. The van der Waals surface area contributed by atoms with E-state index in [1.165, 1.54) is 5.56 Å². The van der Waals surface area contributed by atoms with Crippen LogP contribution >= 0.6 is 15.9 Å². The van der Waals surface area contributed by atoms with E-state index in [2.05, 4.69) is 41.2 Å². The summed E-state index contributed by atoms with van der Waals surface area (Å²) < 4.78 is 12.3. The van der Waals surface area contributed by atoms with Crippen molar-refractivity contribution in [3.05, 3.63) is 28.2 Å². The minimum atomic E-state index is 0.280. The average Bonchev–Trinajstić information content (AvgIpc) is 2.82. The summed E-state index contributed by atoms with van der Waals surface area (Å²) in [5, 5.41) is 3.58. The van der Waals surface area contributed by atoms with Crippen LogP contribution in [0.4, 0.5) is 0 Å². The Morgan fingerprint density at radius 2 is 2.32 bits per heavy atom. The van der Waals surface area contributed by atoms with Crippen LogP contribution in [0.15, 0.2) is 22.7 Å². The van der Waals surface area contributed by atoms with Gasteiger partial charge in [-0.15, -0.1) is 0 Å². The highest BCUT2D eigenvalue weighted by Gasteiger charge is 2.31. The molecule has 0 bridgehead atoms. The second-order valence-electron chi connectivity index (χ2n) is 5.06.